The van der Waals surface area contributed by atoms with Crippen LogP contribution in [-0.4, -0.2) is 15.4 Å². The Kier molecular flexibility index (Phi) is 4.94. The predicted octanol–water partition coefficient (Wildman–Crippen LogP) is 2.14. The van der Waals surface area contributed by atoms with E-state index < -0.39 is 10.2 Å². The van der Waals surface area contributed by atoms with Crippen LogP contribution in [-0.2, 0) is 0 Å². The molecule has 0 aromatic heterocycles. The number of nitrogens with one attached hydrogen (secondary N) is 1. The van der Waals surface area contributed by atoms with Crippen molar-refractivity contribution in [2.45, 2.75) is 0 Å². The quantitative estimate of drug-likeness (QED) is 0.198. The van der Waals surface area contributed by atoms with Crippen LogP contribution in [0.2, 0.25) is 0 Å². The van der Waals surface area contributed by atoms with Crippen molar-refractivity contribution in [3.05, 3.63) is 34.5 Å². The first-order chi connectivity index (χ1) is 5.93. The first-order valence-electron chi connectivity index (χ1n) is 2.93. The summed E-state index contributed by atoms with van der Waals surface area (Å²) >= 11 is 10.5. The Hall–Kier alpha value is -1.20. The van der Waals surface area contributed by atoms with E-state index in [-0.39, 0.29) is 10.9 Å². The lowest BCUT2D eigenvalue weighted by Gasteiger charge is -1.87. The molecule has 0 radical (unpaired) electrons. The molecule has 0 atom stereocenters. The first kappa shape index (κ1) is 11.8. The van der Waals surface area contributed by atoms with Crippen LogP contribution < -0.4 is 0 Å². The van der Waals surface area contributed by atoms with Crippen LogP contribution >= 0.6 is 23.2 Å². The van der Waals surface area contributed by atoms with Gasteiger partial charge in [-0.2, -0.15) is 0 Å². The Morgan fingerprint density at radius 1 is 1.54 bits per heavy atom. The molecule has 70 valence electrons. The number of hydrogen-bond donors (Lipinski definition) is 1. The largest absolute Gasteiger partial charge is 0.272 e. The van der Waals surface area contributed by atoms with Crippen molar-refractivity contribution >= 4 is 33.7 Å². The van der Waals surface area contributed by atoms with E-state index in [4.69, 9.17) is 28.6 Å². The molecule has 0 amide bonds. The van der Waals surface area contributed by atoms with Crippen molar-refractivity contribution in [2.75, 3.05) is 0 Å². The van der Waals surface area contributed by atoms with Crippen molar-refractivity contribution in [1.82, 2.24) is 0 Å². The van der Waals surface area contributed by atoms with Gasteiger partial charge in [-0.3, -0.25) is 15.5 Å². The minimum Gasteiger partial charge on any atom is -0.272 e. The highest BCUT2D eigenvalue weighted by molar-refractivity contribution is 6.72. The Balaban J connectivity index is 4.36. The Labute approximate surface area is 84.0 Å². The van der Waals surface area contributed by atoms with E-state index in [1.54, 1.807) is 0 Å². The molecule has 0 aromatic rings. The van der Waals surface area contributed by atoms with Crippen molar-refractivity contribution in [2.24, 2.45) is 4.99 Å². The average molecular weight is 222 g/mol. The number of nitro groups is 1. The Bertz CT molecular complexity index is 309. The van der Waals surface area contributed by atoms with E-state index in [1.165, 1.54) is 0 Å². The highest BCUT2D eigenvalue weighted by atomic mass is 35.5. The second-order valence-corrected chi connectivity index (χ2v) is 2.55. The molecule has 7 heteroatoms. The normalized spacial score (nSPS) is 11.7. The molecule has 0 spiro atoms. The van der Waals surface area contributed by atoms with E-state index in [0.717, 1.165) is 12.2 Å². The third-order valence-corrected chi connectivity index (χ3v) is 1.15. The molecule has 0 aliphatic heterocycles. The monoisotopic (exact) mass is 221 g/mol. The number of allylic oxidation sites excluding steroid dienone is 2. The highest BCUT2D eigenvalue weighted by Crippen LogP contribution is 1.97. The van der Waals surface area contributed by atoms with Gasteiger partial charge in [-0.1, -0.05) is 11.6 Å². The summed E-state index contributed by atoms with van der Waals surface area (Å²) in [6, 6.07) is 0. The molecule has 0 unspecified atom stereocenters. The molecule has 0 saturated heterocycles. The Morgan fingerprint density at radius 3 is 2.46 bits per heavy atom. The zero-order valence-electron chi connectivity index (χ0n) is 6.33. The maximum atomic E-state index is 10.0. The van der Waals surface area contributed by atoms with Crippen molar-refractivity contribution < 1.29 is 4.92 Å². The van der Waals surface area contributed by atoms with Gasteiger partial charge in [-0.05, 0) is 24.3 Å². The predicted molar refractivity (Wildman–Crippen MR) is 52.1 cm³/mol. The van der Waals surface area contributed by atoms with Gasteiger partial charge in [0.1, 0.15) is 5.17 Å². The summed E-state index contributed by atoms with van der Waals surface area (Å²) in [7, 11) is 0. The molecule has 0 aromatic carbocycles. The molecule has 0 saturated carbocycles. The fourth-order valence-electron chi connectivity index (χ4n) is 0.357. The van der Waals surface area contributed by atoms with Crippen molar-refractivity contribution in [3.63, 3.8) is 0 Å². The molecular formula is C6H5Cl2N3O2. The van der Waals surface area contributed by atoms with Crippen LogP contribution in [0.1, 0.15) is 0 Å². The van der Waals surface area contributed by atoms with Gasteiger partial charge >= 0.3 is 0 Å². The van der Waals surface area contributed by atoms with Crippen LogP contribution in [0.4, 0.5) is 0 Å². The lowest BCUT2D eigenvalue weighted by atomic mass is 10.4. The SMILES string of the molecule is C=C(/C=C/C(Cl)=N\C(=N)Cl)[N+](=O)[O-]. The maximum absolute atomic E-state index is 10.0. The zero-order chi connectivity index (χ0) is 10.4. The molecule has 0 heterocycles. The third kappa shape index (κ3) is 6.01. The number of halogens is 2. The fourth-order valence-corrected chi connectivity index (χ4v) is 0.639. The van der Waals surface area contributed by atoms with Gasteiger partial charge < -0.3 is 0 Å². The minimum atomic E-state index is -0.674. The molecular weight excluding hydrogens is 217 g/mol. The molecule has 1 N–H and O–H groups in total. The van der Waals surface area contributed by atoms with Gasteiger partial charge in [-0.15, -0.1) is 0 Å². The number of aliphatic imine (C=N–C) groups is 1. The maximum Gasteiger partial charge on any atom is 0.262 e. The number of hydrogen-bond acceptors (Lipinski definition) is 3. The van der Waals surface area contributed by atoms with E-state index >= 15 is 0 Å². The van der Waals surface area contributed by atoms with Crippen molar-refractivity contribution in [1.29, 1.82) is 5.41 Å². The second-order valence-electron chi connectivity index (χ2n) is 1.81. The molecule has 0 rings (SSSR count). The van der Waals surface area contributed by atoms with Crippen LogP contribution in [0.15, 0.2) is 29.4 Å². The highest BCUT2D eigenvalue weighted by Gasteiger charge is 2.00. The molecule has 0 aliphatic carbocycles. The molecule has 0 bridgehead atoms. The van der Waals surface area contributed by atoms with E-state index in [2.05, 4.69) is 11.6 Å². The van der Waals surface area contributed by atoms with Crippen LogP contribution in [0, 0.1) is 15.5 Å². The summed E-state index contributed by atoms with van der Waals surface area (Å²) in [6.07, 6.45) is 2.19. The number of rotatable bonds is 3. The van der Waals surface area contributed by atoms with Gasteiger partial charge in [0.25, 0.3) is 5.70 Å². The zero-order valence-corrected chi connectivity index (χ0v) is 7.84. The summed E-state index contributed by atoms with van der Waals surface area (Å²) in [5.41, 5.74) is -0.325. The fraction of sp³-hybridized carbons (Fsp3) is 0. The second kappa shape index (κ2) is 5.45. The van der Waals surface area contributed by atoms with Crippen LogP contribution in [0.5, 0.6) is 0 Å². The topological polar surface area (TPSA) is 79.3 Å². The van der Waals surface area contributed by atoms with Crippen LogP contribution in [0.25, 0.3) is 0 Å². The molecule has 0 fully saturated rings. The van der Waals surface area contributed by atoms with E-state index in [1.807, 2.05) is 0 Å². The lowest BCUT2D eigenvalue weighted by Crippen LogP contribution is -1.93. The van der Waals surface area contributed by atoms with E-state index in [0.29, 0.717) is 0 Å². The van der Waals surface area contributed by atoms with Gasteiger partial charge in [-0.25, -0.2) is 4.99 Å². The lowest BCUT2D eigenvalue weighted by molar-refractivity contribution is -0.418. The van der Waals surface area contributed by atoms with Gasteiger partial charge in [0.15, 0.2) is 0 Å². The summed E-state index contributed by atoms with van der Waals surface area (Å²) in [5, 5.41) is 16.1. The van der Waals surface area contributed by atoms with Gasteiger partial charge in [0, 0.05) is 6.08 Å². The van der Waals surface area contributed by atoms with Crippen LogP contribution in [0.3, 0.4) is 0 Å². The Morgan fingerprint density at radius 2 is 2.08 bits per heavy atom. The number of nitrogens with zero attached hydrogens (tertiary/aromatic N) is 2. The molecule has 0 aliphatic rings. The van der Waals surface area contributed by atoms with Gasteiger partial charge in [0.2, 0.25) is 5.29 Å². The number of amidine groups is 1. The third-order valence-electron chi connectivity index (χ3n) is 0.853. The summed E-state index contributed by atoms with van der Waals surface area (Å²) < 4.78 is 0. The molecule has 13 heavy (non-hydrogen) atoms. The summed E-state index contributed by atoms with van der Waals surface area (Å²) in [6.45, 7) is 3.12. The van der Waals surface area contributed by atoms with Crippen molar-refractivity contribution in [3.8, 4) is 0 Å². The standard InChI is InChI=1S/C6H5Cl2N3O2/c1-4(11(12)13)2-3-5(7)10-6(8)9/h2-3,9H,1H2/b3-2+,9-6?,10-5+. The average Bonchev–Trinajstić information content (AvgIpc) is 1.98. The summed E-state index contributed by atoms with van der Waals surface area (Å²) in [4.78, 5) is 12.7. The van der Waals surface area contributed by atoms with Gasteiger partial charge in [0.05, 0.1) is 4.92 Å². The smallest absolute Gasteiger partial charge is 0.262 e. The van der Waals surface area contributed by atoms with E-state index in [9.17, 15) is 10.1 Å². The minimum absolute atomic E-state index is 0.122. The molecule has 5 nitrogen and oxygen atoms in total. The summed E-state index contributed by atoms with van der Waals surface area (Å²) in [5.74, 6) is 0. The first-order valence-corrected chi connectivity index (χ1v) is 3.68.